The lowest BCUT2D eigenvalue weighted by Gasteiger charge is -2.29. The highest BCUT2D eigenvalue weighted by Crippen LogP contribution is 2.29. The van der Waals surface area contributed by atoms with Crippen LogP contribution in [-0.2, 0) is 9.53 Å². The molecule has 2 fully saturated rings. The van der Waals surface area contributed by atoms with Crippen molar-refractivity contribution in [2.24, 2.45) is 11.8 Å². The van der Waals surface area contributed by atoms with Gasteiger partial charge in [-0.15, -0.1) is 0 Å². The molecule has 4 nitrogen and oxygen atoms in total. The van der Waals surface area contributed by atoms with Gasteiger partial charge in [-0.25, -0.2) is 0 Å². The van der Waals surface area contributed by atoms with E-state index < -0.39 is 5.97 Å². The molecule has 3 atom stereocenters. The molecule has 3 unspecified atom stereocenters. The summed E-state index contributed by atoms with van der Waals surface area (Å²) in [6, 6.07) is 0.441. The number of aliphatic carboxylic acids is 1. The van der Waals surface area contributed by atoms with Crippen molar-refractivity contribution in [3.05, 3.63) is 0 Å². The largest absolute Gasteiger partial charge is 0.481 e. The van der Waals surface area contributed by atoms with Crippen molar-refractivity contribution in [3.8, 4) is 0 Å². The third-order valence-corrected chi connectivity index (χ3v) is 3.82. The van der Waals surface area contributed by atoms with Gasteiger partial charge in [-0.05, 0) is 31.7 Å². The summed E-state index contributed by atoms with van der Waals surface area (Å²) in [5.41, 5.74) is 0. The molecule has 2 aliphatic rings. The molecule has 92 valence electrons. The molecular weight excluding hydrogens is 206 g/mol. The molecular formula is C12H21NO3. The van der Waals surface area contributed by atoms with E-state index in [1.807, 2.05) is 0 Å². The van der Waals surface area contributed by atoms with Crippen molar-refractivity contribution >= 4 is 5.97 Å². The van der Waals surface area contributed by atoms with Crippen LogP contribution in [0.15, 0.2) is 0 Å². The second kappa shape index (κ2) is 5.64. The molecule has 0 aromatic heterocycles. The van der Waals surface area contributed by atoms with Crippen LogP contribution in [0.1, 0.15) is 32.1 Å². The third kappa shape index (κ3) is 2.95. The van der Waals surface area contributed by atoms with Gasteiger partial charge in [0.05, 0.1) is 12.5 Å². The van der Waals surface area contributed by atoms with Crippen molar-refractivity contribution in [2.75, 3.05) is 19.8 Å². The van der Waals surface area contributed by atoms with Gasteiger partial charge in [-0.3, -0.25) is 4.79 Å². The minimum Gasteiger partial charge on any atom is -0.481 e. The predicted octanol–water partition coefficient (Wildman–Crippen LogP) is 1.26. The third-order valence-electron chi connectivity index (χ3n) is 3.82. The van der Waals surface area contributed by atoms with E-state index in [2.05, 4.69) is 5.32 Å². The van der Waals surface area contributed by atoms with Gasteiger partial charge in [0.25, 0.3) is 0 Å². The fourth-order valence-corrected chi connectivity index (χ4v) is 2.79. The van der Waals surface area contributed by atoms with Gasteiger partial charge in [0.1, 0.15) is 0 Å². The zero-order valence-electron chi connectivity index (χ0n) is 9.65. The van der Waals surface area contributed by atoms with Crippen LogP contribution in [0.3, 0.4) is 0 Å². The van der Waals surface area contributed by atoms with E-state index in [-0.39, 0.29) is 5.92 Å². The van der Waals surface area contributed by atoms with Gasteiger partial charge in [-0.2, -0.15) is 0 Å². The lowest BCUT2D eigenvalue weighted by atomic mass is 9.79. The average Bonchev–Trinajstić information content (AvgIpc) is 2.79. The van der Waals surface area contributed by atoms with Crippen LogP contribution in [0.4, 0.5) is 0 Å². The van der Waals surface area contributed by atoms with Crippen LogP contribution in [0, 0.1) is 11.8 Å². The molecule has 0 amide bonds. The Bertz CT molecular complexity index is 238. The van der Waals surface area contributed by atoms with Gasteiger partial charge < -0.3 is 15.2 Å². The fraction of sp³-hybridized carbons (Fsp3) is 0.917. The van der Waals surface area contributed by atoms with E-state index >= 15 is 0 Å². The smallest absolute Gasteiger partial charge is 0.306 e. The Morgan fingerprint density at radius 3 is 2.81 bits per heavy atom. The predicted molar refractivity (Wildman–Crippen MR) is 60.3 cm³/mol. The maximum Gasteiger partial charge on any atom is 0.306 e. The molecule has 1 saturated heterocycles. The highest BCUT2D eigenvalue weighted by Gasteiger charge is 2.31. The van der Waals surface area contributed by atoms with Crippen LogP contribution in [0.5, 0.6) is 0 Å². The molecule has 1 aliphatic heterocycles. The van der Waals surface area contributed by atoms with Crippen LogP contribution < -0.4 is 5.32 Å². The van der Waals surface area contributed by atoms with Crippen LogP contribution in [0.2, 0.25) is 0 Å². The highest BCUT2D eigenvalue weighted by molar-refractivity contribution is 5.70. The summed E-state index contributed by atoms with van der Waals surface area (Å²) in [5.74, 6) is -0.440. The summed E-state index contributed by atoms with van der Waals surface area (Å²) in [5, 5.41) is 12.6. The molecule has 0 aromatic carbocycles. The Hall–Kier alpha value is -0.610. The van der Waals surface area contributed by atoms with E-state index in [9.17, 15) is 4.79 Å². The quantitative estimate of drug-likeness (QED) is 0.759. The molecule has 4 heteroatoms. The molecule has 0 aromatic rings. The Labute approximate surface area is 96.4 Å². The number of carboxylic acids is 1. The van der Waals surface area contributed by atoms with Gasteiger partial charge in [-0.1, -0.05) is 12.8 Å². The number of hydrogen-bond acceptors (Lipinski definition) is 3. The molecule has 1 saturated carbocycles. The summed E-state index contributed by atoms with van der Waals surface area (Å²) in [4.78, 5) is 11.1. The summed E-state index contributed by atoms with van der Waals surface area (Å²) in [6.45, 7) is 2.46. The molecule has 1 heterocycles. The number of rotatable bonds is 4. The Morgan fingerprint density at radius 1 is 1.31 bits per heavy atom. The number of hydrogen-bond donors (Lipinski definition) is 2. The standard InChI is InChI=1S/C12H21NO3/c14-12(15)11-4-2-1-3-9(11)7-13-10-5-6-16-8-10/h9-11,13H,1-8H2,(H,14,15). The van der Waals surface area contributed by atoms with E-state index in [0.29, 0.717) is 12.0 Å². The lowest BCUT2D eigenvalue weighted by molar-refractivity contribution is -0.144. The normalized spacial score (nSPS) is 35.1. The second-order valence-corrected chi connectivity index (χ2v) is 4.96. The van der Waals surface area contributed by atoms with Gasteiger partial charge in [0, 0.05) is 12.6 Å². The molecule has 0 bridgehead atoms. The maximum absolute atomic E-state index is 11.1. The molecule has 16 heavy (non-hydrogen) atoms. The van der Waals surface area contributed by atoms with Crippen molar-refractivity contribution in [2.45, 2.75) is 38.1 Å². The summed E-state index contributed by atoms with van der Waals surface area (Å²) < 4.78 is 5.29. The first-order valence-electron chi connectivity index (χ1n) is 6.31. The zero-order valence-corrected chi connectivity index (χ0v) is 9.65. The number of ether oxygens (including phenoxy) is 1. The maximum atomic E-state index is 11.1. The summed E-state index contributed by atoms with van der Waals surface area (Å²) in [7, 11) is 0. The van der Waals surface area contributed by atoms with Gasteiger partial charge in [0.2, 0.25) is 0 Å². The van der Waals surface area contributed by atoms with Crippen molar-refractivity contribution in [1.29, 1.82) is 0 Å². The molecule has 0 spiro atoms. The topological polar surface area (TPSA) is 58.6 Å². The lowest BCUT2D eigenvalue weighted by Crippen LogP contribution is -2.39. The van der Waals surface area contributed by atoms with Crippen LogP contribution in [-0.4, -0.2) is 36.9 Å². The Balaban J connectivity index is 1.78. The monoisotopic (exact) mass is 227 g/mol. The minimum atomic E-state index is -0.617. The number of carbonyl (C=O) groups is 1. The second-order valence-electron chi connectivity index (χ2n) is 4.96. The van der Waals surface area contributed by atoms with E-state index in [4.69, 9.17) is 9.84 Å². The first kappa shape index (κ1) is 11.9. The average molecular weight is 227 g/mol. The minimum absolute atomic E-state index is 0.136. The van der Waals surface area contributed by atoms with Crippen molar-refractivity contribution < 1.29 is 14.6 Å². The number of carboxylic acid groups (broad SMARTS) is 1. The SMILES string of the molecule is O=C(O)C1CCCCC1CNC1CCOC1. The molecule has 2 rings (SSSR count). The zero-order chi connectivity index (χ0) is 11.4. The fourth-order valence-electron chi connectivity index (χ4n) is 2.79. The van der Waals surface area contributed by atoms with Crippen molar-refractivity contribution in [1.82, 2.24) is 5.32 Å². The highest BCUT2D eigenvalue weighted by atomic mass is 16.5. The van der Waals surface area contributed by atoms with E-state index in [0.717, 1.165) is 45.4 Å². The van der Waals surface area contributed by atoms with Gasteiger partial charge >= 0.3 is 5.97 Å². The summed E-state index contributed by atoms with van der Waals surface area (Å²) in [6.07, 6.45) is 5.21. The molecule has 1 aliphatic carbocycles. The van der Waals surface area contributed by atoms with E-state index in [1.54, 1.807) is 0 Å². The van der Waals surface area contributed by atoms with Gasteiger partial charge in [0.15, 0.2) is 0 Å². The first-order chi connectivity index (χ1) is 7.77. The Morgan fingerprint density at radius 2 is 2.12 bits per heavy atom. The summed E-state index contributed by atoms with van der Waals surface area (Å²) >= 11 is 0. The Kier molecular flexibility index (Phi) is 4.18. The molecule has 2 N–H and O–H groups in total. The molecule has 0 radical (unpaired) electrons. The van der Waals surface area contributed by atoms with Crippen LogP contribution in [0.25, 0.3) is 0 Å². The van der Waals surface area contributed by atoms with Crippen molar-refractivity contribution in [3.63, 3.8) is 0 Å². The van der Waals surface area contributed by atoms with Crippen LogP contribution >= 0.6 is 0 Å². The first-order valence-corrected chi connectivity index (χ1v) is 6.31. The van der Waals surface area contributed by atoms with E-state index in [1.165, 1.54) is 6.42 Å². The number of nitrogens with one attached hydrogen (secondary N) is 1.